The number of anilines is 2. The molecule has 1 aliphatic rings. The third kappa shape index (κ3) is 2.99. The number of carbonyl (C=O) groups excluding carboxylic acids is 2. The molecule has 8 heteroatoms. The van der Waals surface area contributed by atoms with E-state index in [1.807, 2.05) is 0 Å². The van der Waals surface area contributed by atoms with Crippen molar-refractivity contribution >= 4 is 38.7 Å². The number of nitrogens with two attached hydrogens (primary N) is 1. The van der Waals surface area contributed by atoms with Gasteiger partial charge in [0.05, 0.1) is 10.6 Å². The van der Waals surface area contributed by atoms with Gasteiger partial charge in [0.15, 0.2) is 4.91 Å². The van der Waals surface area contributed by atoms with Gasteiger partial charge in [0.25, 0.3) is 5.91 Å². The lowest BCUT2D eigenvalue weighted by Crippen LogP contribution is -2.20. The highest BCUT2D eigenvalue weighted by atomic mass is 32.2. The van der Waals surface area contributed by atoms with Crippen molar-refractivity contribution in [1.82, 2.24) is 0 Å². The Hall–Kier alpha value is -3.13. The van der Waals surface area contributed by atoms with Crippen LogP contribution < -0.4 is 16.4 Å². The molecule has 0 aliphatic carbocycles. The summed E-state index contributed by atoms with van der Waals surface area (Å²) in [5, 5.41) is 5.58. The van der Waals surface area contributed by atoms with Crippen molar-refractivity contribution in [3.63, 3.8) is 0 Å². The van der Waals surface area contributed by atoms with Crippen molar-refractivity contribution in [3.05, 3.63) is 59.0 Å². The lowest BCUT2D eigenvalue weighted by Gasteiger charge is -2.10. The Morgan fingerprint density at radius 2 is 1.56 bits per heavy atom. The summed E-state index contributed by atoms with van der Waals surface area (Å²) in [5.74, 6) is -1.22. The zero-order valence-corrected chi connectivity index (χ0v) is 14.1. The SMILES string of the molecule is CC(=O)Nc1ccc(NC2=C(C(N)=O)S(=O)(=O)c3ccccc32)cc1. The summed E-state index contributed by atoms with van der Waals surface area (Å²) in [6.45, 7) is 1.40. The quantitative estimate of drug-likeness (QED) is 0.769. The smallest absolute Gasteiger partial charge is 0.262 e. The number of fused-ring (bicyclic) bond motifs is 1. The topological polar surface area (TPSA) is 118 Å². The number of nitrogens with one attached hydrogen (secondary N) is 2. The van der Waals surface area contributed by atoms with Crippen LogP contribution in [0.2, 0.25) is 0 Å². The van der Waals surface area contributed by atoms with Crippen LogP contribution in [0.15, 0.2) is 58.3 Å². The molecule has 4 N–H and O–H groups in total. The van der Waals surface area contributed by atoms with Gasteiger partial charge >= 0.3 is 0 Å². The maximum Gasteiger partial charge on any atom is 0.262 e. The molecular formula is C17H15N3O4S. The van der Waals surface area contributed by atoms with E-state index in [1.165, 1.54) is 13.0 Å². The number of sulfone groups is 1. The molecule has 0 unspecified atom stereocenters. The van der Waals surface area contributed by atoms with Crippen molar-refractivity contribution in [2.24, 2.45) is 5.73 Å². The van der Waals surface area contributed by atoms with Gasteiger partial charge in [0.1, 0.15) is 0 Å². The molecule has 0 aromatic heterocycles. The molecule has 2 aromatic rings. The Bertz CT molecular complexity index is 1010. The minimum atomic E-state index is -3.95. The van der Waals surface area contributed by atoms with E-state index in [4.69, 9.17) is 5.73 Å². The van der Waals surface area contributed by atoms with Gasteiger partial charge in [-0.1, -0.05) is 18.2 Å². The minimum absolute atomic E-state index is 0.0427. The summed E-state index contributed by atoms with van der Waals surface area (Å²) in [7, 11) is -3.95. The Kier molecular flexibility index (Phi) is 4.05. The molecule has 25 heavy (non-hydrogen) atoms. The van der Waals surface area contributed by atoms with Crippen molar-refractivity contribution in [3.8, 4) is 0 Å². The Labute approximate surface area is 144 Å². The summed E-state index contributed by atoms with van der Waals surface area (Å²) in [4.78, 5) is 22.4. The number of hydrogen-bond donors (Lipinski definition) is 3. The maximum atomic E-state index is 12.6. The van der Waals surface area contributed by atoms with E-state index in [9.17, 15) is 18.0 Å². The number of carbonyl (C=O) groups is 2. The molecule has 2 amide bonds. The molecule has 7 nitrogen and oxygen atoms in total. The summed E-state index contributed by atoms with van der Waals surface area (Å²) in [5.41, 5.74) is 7.00. The highest BCUT2D eigenvalue weighted by Crippen LogP contribution is 2.39. The summed E-state index contributed by atoms with van der Waals surface area (Å²) < 4.78 is 25.1. The van der Waals surface area contributed by atoms with Gasteiger partial charge in [0.2, 0.25) is 15.7 Å². The molecule has 0 radical (unpaired) electrons. The molecule has 0 saturated carbocycles. The van der Waals surface area contributed by atoms with Crippen molar-refractivity contribution in [2.45, 2.75) is 11.8 Å². The highest BCUT2D eigenvalue weighted by Gasteiger charge is 2.38. The number of benzene rings is 2. The van der Waals surface area contributed by atoms with E-state index in [0.29, 0.717) is 16.9 Å². The second-order valence-corrected chi connectivity index (χ2v) is 7.31. The molecule has 0 fully saturated rings. The van der Waals surface area contributed by atoms with Crippen LogP contribution in [0, 0.1) is 0 Å². The molecule has 0 bridgehead atoms. The first kappa shape index (κ1) is 16.7. The zero-order valence-electron chi connectivity index (χ0n) is 13.2. The molecule has 0 saturated heterocycles. The molecule has 1 aliphatic heterocycles. The van der Waals surface area contributed by atoms with Crippen LogP contribution in [0.1, 0.15) is 12.5 Å². The standard InChI is InChI=1S/C17H15N3O4S/c1-10(21)19-11-6-8-12(9-7-11)20-15-13-4-2-3-5-14(13)25(23,24)16(15)17(18)22/h2-9,20H,1H3,(H2,18,22)(H,19,21). The second kappa shape index (κ2) is 6.06. The summed E-state index contributed by atoms with van der Waals surface area (Å²) >= 11 is 0. The van der Waals surface area contributed by atoms with Crippen molar-refractivity contribution in [2.75, 3.05) is 10.6 Å². The third-order valence-electron chi connectivity index (χ3n) is 3.64. The van der Waals surface area contributed by atoms with Gasteiger partial charge in [-0.05, 0) is 30.3 Å². The van der Waals surface area contributed by atoms with Gasteiger partial charge in [-0.25, -0.2) is 8.42 Å². The van der Waals surface area contributed by atoms with E-state index in [2.05, 4.69) is 10.6 Å². The summed E-state index contributed by atoms with van der Waals surface area (Å²) in [6.07, 6.45) is 0. The van der Waals surface area contributed by atoms with Gasteiger partial charge in [-0.3, -0.25) is 9.59 Å². The van der Waals surface area contributed by atoms with Crippen molar-refractivity contribution in [1.29, 1.82) is 0 Å². The molecule has 0 spiro atoms. The fraction of sp³-hybridized carbons (Fsp3) is 0.0588. The van der Waals surface area contributed by atoms with Crippen LogP contribution in [0.3, 0.4) is 0 Å². The van der Waals surface area contributed by atoms with Crippen LogP contribution in [-0.2, 0) is 19.4 Å². The lowest BCUT2D eigenvalue weighted by atomic mass is 10.1. The first-order valence-corrected chi connectivity index (χ1v) is 8.82. The lowest BCUT2D eigenvalue weighted by molar-refractivity contribution is -0.114. The highest BCUT2D eigenvalue weighted by molar-refractivity contribution is 7.97. The fourth-order valence-electron chi connectivity index (χ4n) is 2.64. The largest absolute Gasteiger partial charge is 0.365 e. The fourth-order valence-corrected chi connectivity index (χ4v) is 4.27. The Balaban J connectivity index is 2.04. The summed E-state index contributed by atoms with van der Waals surface area (Å²) in [6, 6.07) is 12.9. The first-order chi connectivity index (χ1) is 11.8. The van der Waals surface area contributed by atoms with Crippen LogP contribution in [-0.4, -0.2) is 20.2 Å². The Morgan fingerprint density at radius 1 is 0.960 bits per heavy atom. The zero-order chi connectivity index (χ0) is 18.2. The number of hydrogen-bond acceptors (Lipinski definition) is 5. The van der Waals surface area contributed by atoms with E-state index < -0.39 is 20.6 Å². The van der Waals surface area contributed by atoms with Crippen molar-refractivity contribution < 1.29 is 18.0 Å². The molecular weight excluding hydrogens is 342 g/mol. The van der Waals surface area contributed by atoms with Gasteiger partial charge in [0, 0.05) is 23.9 Å². The average molecular weight is 357 g/mol. The monoisotopic (exact) mass is 357 g/mol. The van der Waals surface area contributed by atoms with Crippen LogP contribution >= 0.6 is 0 Å². The number of amides is 2. The van der Waals surface area contributed by atoms with Gasteiger partial charge in [-0.15, -0.1) is 0 Å². The van der Waals surface area contributed by atoms with E-state index in [-0.39, 0.29) is 16.5 Å². The maximum absolute atomic E-state index is 12.6. The third-order valence-corrected chi connectivity index (χ3v) is 5.52. The van der Waals surface area contributed by atoms with Crippen LogP contribution in [0.5, 0.6) is 0 Å². The average Bonchev–Trinajstić information content (AvgIpc) is 2.77. The predicted octanol–water partition coefficient (Wildman–Crippen LogP) is 1.70. The molecule has 128 valence electrons. The van der Waals surface area contributed by atoms with E-state index in [0.717, 1.165) is 0 Å². The molecule has 3 rings (SSSR count). The molecule has 2 aromatic carbocycles. The van der Waals surface area contributed by atoms with Crippen LogP contribution in [0.4, 0.5) is 11.4 Å². The Morgan fingerprint density at radius 3 is 2.16 bits per heavy atom. The predicted molar refractivity (Wildman–Crippen MR) is 94.1 cm³/mol. The second-order valence-electron chi connectivity index (χ2n) is 5.45. The minimum Gasteiger partial charge on any atom is -0.365 e. The number of primary amides is 1. The first-order valence-electron chi connectivity index (χ1n) is 7.34. The normalized spacial score (nSPS) is 14.8. The number of rotatable bonds is 4. The van der Waals surface area contributed by atoms with E-state index >= 15 is 0 Å². The van der Waals surface area contributed by atoms with Crippen LogP contribution in [0.25, 0.3) is 5.70 Å². The van der Waals surface area contributed by atoms with Gasteiger partial charge in [-0.2, -0.15) is 0 Å². The molecule has 0 atom stereocenters. The van der Waals surface area contributed by atoms with Gasteiger partial charge < -0.3 is 16.4 Å². The molecule has 1 heterocycles. The van der Waals surface area contributed by atoms with E-state index in [1.54, 1.807) is 42.5 Å².